The third-order valence-corrected chi connectivity index (χ3v) is 3.99. The van der Waals surface area contributed by atoms with Crippen molar-refractivity contribution in [1.82, 2.24) is 4.57 Å². The Bertz CT molecular complexity index is 899. The summed E-state index contributed by atoms with van der Waals surface area (Å²) >= 11 is 6.18. The van der Waals surface area contributed by atoms with Crippen molar-refractivity contribution < 1.29 is 4.74 Å². The zero-order valence-corrected chi connectivity index (χ0v) is 13.9. The van der Waals surface area contributed by atoms with Gasteiger partial charge in [-0.3, -0.25) is 4.79 Å². The van der Waals surface area contributed by atoms with Crippen molar-refractivity contribution in [3.63, 3.8) is 0 Å². The second kappa shape index (κ2) is 6.47. The van der Waals surface area contributed by atoms with Crippen LogP contribution in [0.25, 0.3) is 10.8 Å². The fourth-order valence-corrected chi connectivity index (χ4v) is 2.74. The fourth-order valence-electron chi connectivity index (χ4n) is 2.55. The van der Waals surface area contributed by atoms with Crippen LogP contribution in [0.1, 0.15) is 19.4 Å². The Labute approximate surface area is 140 Å². The second-order valence-corrected chi connectivity index (χ2v) is 6.16. The number of ether oxygens (including phenoxy) is 1. The van der Waals surface area contributed by atoms with Gasteiger partial charge in [0.25, 0.3) is 5.56 Å². The lowest BCUT2D eigenvalue weighted by molar-refractivity contribution is 0.243. The van der Waals surface area contributed by atoms with Crippen LogP contribution in [0, 0.1) is 0 Å². The molecular weight excluding hydrogens is 310 g/mol. The largest absolute Gasteiger partial charge is 0.491 e. The predicted octanol–water partition coefficient (Wildman–Crippen LogP) is 4.49. The number of halogens is 1. The van der Waals surface area contributed by atoms with Gasteiger partial charge in [0.1, 0.15) is 5.75 Å². The van der Waals surface area contributed by atoms with Gasteiger partial charge in [0.05, 0.1) is 12.6 Å². The van der Waals surface area contributed by atoms with Crippen molar-refractivity contribution >= 4 is 22.4 Å². The molecule has 0 unspecified atom stereocenters. The summed E-state index contributed by atoms with van der Waals surface area (Å²) in [6.07, 6.45) is 1.90. The summed E-state index contributed by atoms with van der Waals surface area (Å²) in [5.41, 5.74) is 0.897. The molecule has 3 aromatic rings. The minimum absolute atomic E-state index is 0.0292. The van der Waals surface area contributed by atoms with Crippen LogP contribution in [0.2, 0.25) is 5.02 Å². The molecule has 0 bridgehead atoms. The van der Waals surface area contributed by atoms with Gasteiger partial charge in [-0.1, -0.05) is 29.8 Å². The predicted molar refractivity (Wildman–Crippen MR) is 94.5 cm³/mol. The van der Waals surface area contributed by atoms with Crippen LogP contribution in [0.15, 0.2) is 59.5 Å². The van der Waals surface area contributed by atoms with Crippen LogP contribution >= 0.6 is 11.6 Å². The number of aromatic nitrogens is 1. The van der Waals surface area contributed by atoms with Crippen LogP contribution in [0.4, 0.5) is 0 Å². The van der Waals surface area contributed by atoms with E-state index in [9.17, 15) is 4.79 Å². The summed E-state index contributed by atoms with van der Waals surface area (Å²) in [5, 5.41) is 2.22. The van der Waals surface area contributed by atoms with Gasteiger partial charge in [-0.05, 0) is 55.1 Å². The molecule has 0 fully saturated rings. The molecule has 0 spiro atoms. The minimum Gasteiger partial charge on any atom is -0.491 e. The molecule has 118 valence electrons. The van der Waals surface area contributed by atoms with Gasteiger partial charge in [-0.15, -0.1) is 0 Å². The lowest BCUT2D eigenvalue weighted by Gasteiger charge is -2.12. The monoisotopic (exact) mass is 327 g/mol. The number of rotatable bonds is 4. The fraction of sp³-hybridized carbons (Fsp3) is 0.211. The van der Waals surface area contributed by atoms with E-state index in [2.05, 4.69) is 0 Å². The molecule has 3 nitrogen and oxygen atoms in total. The third kappa shape index (κ3) is 3.40. The Morgan fingerprint density at radius 1 is 1.13 bits per heavy atom. The normalized spacial score (nSPS) is 11.1. The van der Waals surface area contributed by atoms with Gasteiger partial charge >= 0.3 is 0 Å². The average Bonchev–Trinajstić information content (AvgIpc) is 2.51. The maximum Gasteiger partial charge on any atom is 0.258 e. The summed E-state index contributed by atoms with van der Waals surface area (Å²) in [5.74, 6) is 0.774. The van der Waals surface area contributed by atoms with Gasteiger partial charge in [0.15, 0.2) is 0 Å². The second-order valence-electron chi connectivity index (χ2n) is 5.76. The van der Waals surface area contributed by atoms with Crippen molar-refractivity contribution in [3.8, 4) is 5.75 Å². The highest BCUT2D eigenvalue weighted by Crippen LogP contribution is 2.20. The summed E-state index contributed by atoms with van der Waals surface area (Å²) < 4.78 is 7.35. The first kappa shape index (κ1) is 15.6. The molecule has 0 amide bonds. The van der Waals surface area contributed by atoms with E-state index < -0.39 is 0 Å². The zero-order chi connectivity index (χ0) is 16.4. The van der Waals surface area contributed by atoms with E-state index in [1.807, 2.05) is 62.4 Å². The van der Waals surface area contributed by atoms with Crippen molar-refractivity contribution in [1.29, 1.82) is 0 Å². The molecule has 3 rings (SSSR count). The van der Waals surface area contributed by atoms with Gasteiger partial charge in [0, 0.05) is 16.6 Å². The molecule has 0 aliphatic heterocycles. The minimum atomic E-state index is -0.0292. The molecule has 0 aliphatic carbocycles. The van der Waals surface area contributed by atoms with Gasteiger partial charge < -0.3 is 9.30 Å². The number of hydrogen-bond donors (Lipinski definition) is 0. The SMILES string of the molecule is CC(C)Oc1ccc2c(=O)n(Cc3ccccc3Cl)ccc2c1. The molecule has 0 saturated heterocycles. The van der Waals surface area contributed by atoms with E-state index in [0.29, 0.717) is 17.0 Å². The van der Waals surface area contributed by atoms with Crippen molar-refractivity contribution in [3.05, 3.63) is 75.7 Å². The molecule has 0 aliphatic rings. The van der Waals surface area contributed by atoms with Gasteiger partial charge in [0.2, 0.25) is 0 Å². The quantitative estimate of drug-likeness (QED) is 0.707. The topological polar surface area (TPSA) is 31.2 Å². The molecule has 23 heavy (non-hydrogen) atoms. The van der Waals surface area contributed by atoms with E-state index in [0.717, 1.165) is 16.7 Å². The molecule has 4 heteroatoms. The molecule has 0 atom stereocenters. The van der Waals surface area contributed by atoms with Crippen LogP contribution in [-0.4, -0.2) is 10.7 Å². The average molecular weight is 328 g/mol. The molecule has 0 saturated carbocycles. The lowest BCUT2D eigenvalue weighted by Crippen LogP contribution is -2.20. The molecular formula is C19H18ClNO2. The Balaban J connectivity index is 1.99. The molecule has 2 aromatic carbocycles. The van der Waals surface area contributed by atoms with Crippen LogP contribution in [0.3, 0.4) is 0 Å². The maximum absolute atomic E-state index is 12.7. The summed E-state index contributed by atoms with van der Waals surface area (Å²) in [7, 11) is 0. The Kier molecular flexibility index (Phi) is 4.39. The lowest BCUT2D eigenvalue weighted by atomic mass is 10.1. The first-order valence-electron chi connectivity index (χ1n) is 7.58. The van der Waals surface area contributed by atoms with Crippen LogP contribution in [0.5, 0.6) is 5.75 Å². The summed E-state index contributed by atoms with van der Waals surface area (Å²) in [4.78, 5) is 12.7. The highest BCUT2D eigenvalue weighted by Gasteiger charge is 2.07. The van der Waals surface area contributed by atoms with E-state index in [1.54, 1.807) is 10.8 Å². The molecule has 0 N–H and O–H groups in total. The Hall–Kier alpha value is -2.26. The van der Waals surface area contributed by atoms with Gasteiger partial charge in [-0.25, -0.2) is 0 Å². The number of benzene rings is 2. The number of fused-ring (bicyclic) bond motifs is 1. The highest BCUT2D eigenvalue weighted by molar-refractivity contribution is 6.31. The van der Waals surface area contributed by atoms with Crippen LogP contribution < -0.4 is 10.3 Å². The Morgan fingerprint density at radius 2 is 1.91 bits per heavy atom. The number of pyridine rings is 1. The standard InChI is InChI=1S/C19H18ClNO2/c1-13(2)23-16-7-8-17-14(11-16)9-10-21(19(17)22)12-15-5-3-4-6-18(15)20/h3-11,13H,12H2,1-2H3. The Morgan fingerprint density at radius 3 is 2.65 bits per heavy atom. The zero-order valence-electron chi connectivity index (χ0n) is 13.1. The van der Waals surface area contributed by atoms with E-state index in [1.165, 1.54) is 0 Å². The first-order valence-corrected chi connectivity index (χ1v) is 7.95. The van der Waals surface area contributed by atoms with E-state index in [4.69, 9.17) is 16.3 Å². The smallest absolute Gasteiger partial charge is 0.258 e. The van der Waals surface area contributed by atoms with Crippen molar-refractivity contribution in [2.24, 2.45) is 0 Å². The third-order valence-electron chi connectivity index (χ3n) is 3.62. The molecule has 1 heterocycles. The summed E-state index contributed by atoms with van der Waals surface area (Å²) in [6.45, 7) is 4.41. The number of hydrogen-bond acceptors (Lipinski definition) is 2. The van der Waals surface area contributed by atoms with Crippen LogP contribution in [-0.2, 0) is 6.54 Å². The highest BCUT2D eigenvalue weighted by atomic mass is 35.5. The van der Waals surface area contributed by atoms with Crippen molar-refractivity contribution in [2.45, 2.75) is 26.5 Å². The maximum atomic E-state index is 12.7. The summed E-state index contributed by atoms with van der Waals surface area (Å²) in [6, 6.07) is 15.0. The van der Waals surface area contributed by atoms with Gasteiger partial charge in [-0.2, -0.15) is 0 Å². The van der Waals surface area contributed by atoms with E-state index >= 15 is 0 Å². The number of nitrogens with zero attached hydrogens (tertiary/aromatic N) is 1. The first-order chi connectivity index (χ1) is 11.0. The van der Waals surface area contributed by atoms with E-state index in [-0.39, 0.29) is 11.7 Å². The molecule has 0 radical (unpaired) electrons. The molecule has 1 aromatic heterocycles. The van der Waals surface area contributed by atoms with Crippen molar-refractivity contribution in [2.75, 3.05) is 0 Å².